The second-order valence-electron chi connectivity index (χ2n) is 4.56. The van der Waals surface area contributed by atoms with Crippen LogP contribution in [-0.2, 0) is 6.42 Å². The molecule has 1 rings (SSSR count). The van der Waals surface area contributed by atoms with Crippen molar-refractivity contribution in [3.8, 4) is 0 Å². The van der Waals surface area contributed by atoms with Crippen molar-refractivity contribution in [2.24, 2.45) is 5.73 Å². The fourth-order valence-corrected chi connectivity index (χ4v) is 1.96. The van der Waals surface area contributed by atoms with Crippen molar-refractivity contribution in [2.75, 3.05) is 0 Å². The monoisotopic (exact) mass is 250 g/mol. The normalized spacial score (nSPS) is 12.3. The highest BCUT2D eigenvalue weighted by atomic mass is 16.3. The molecule has 1 atom stereocenters. The molecule has 3 N–H and O–H groups in total. The summed E-state index contributed by atoms with van der Waals surface area (Å²) in [7, 11) is 0. The van der Waals surface area contributed by atoms with Crippen LogP contribution in [0.25, 0.3) is 0 Å². The number of unbranched alkanes of at least 4 members (excludes halogenated alkanes) is 2. The van der Waals surface area contributed by atoms with Crippen molar-refractivity contribution >= 4 is 5.91 Å². The lowest BCUT2D eigenvalue weighted by molar-refractivity contribution is 0.0993. The average molecular weight is 250 g/mol. The molecule has 0 aliphatic rings. The molecular formula is C14H22N2O2. The van der Waals surface area contributed by atoms with Crippen LogP contribution in [0.5, 0.6) is 0 Å². The summed E-state index contributed by atoms with van der Waals surface area (Å²) in [6, 6.07) is 3.62. The van der Waals surface area contributed by atoms with Crippen LogP contribution in [0, 0.1) is 0 Å². The van der Waals surface area contributed by atoms with Crippen molar-refractivity contribution in [3.63, 3.8) is 0 Å². The van der Waals surface area contributed by atoms with Crippen molar-refractivity contribution in [1.82, 2.24) is 4.98 Å². The van der Waals surface area contributed by atoms with Gasteiger partial charge in [-0.2, -0.15) is 0 Å². The molecule has 1 amide bonds. The van der Waals surface area contributed by atoms with Gasteiger partial charge in [-0.3, -0.25) is 9.78 Å². The maximum atomic E-state index is 11.2. The molecule has 0 bridgehead atoms. The Morgan fingerprint density at radius 2 is 2.22 bits per heavy atom. The molecule has 0 saturated carbocycles. The van der Waals surface area contributed by atoms with Gasteiger partial charge in [0, 0.05) is 6.20 Å². The Kier molecular flexibility index (Phi) is 6.36. The van der Waals surface area contributed by atoms with Crippen LogP contribution in [0.4, 0.5) is 0 Å². The van der Waals surface area contributed by atoms with Gasteiger partial charge in [0.05, 0.1) is 6.10 Å². The van der Waals surface area contributed by atoms with E-state index in [2.05, 4.69) is 11.9 Å². The Morgan fingerprint density at radius 1 is 1.44 bits per heavy atom. The number of primary amides is 1. The number of nitrogens with two attached hydrogens (primary N) is 1. The molecule has 0 aromatic carbocycles. The number of aromatic nitrogens is 1. The van der Waals surface area contributed by atoms with E-state index in [0.29, 0.717) is 18.5 Å². The lowest BCUT2D eigenvalue weighted by atomic mass is 10.0. The van der Waals surface area contributed by atoms with E-state index in [1.807, 2.05) is 6.07 Å². The van der Waals surface area contributed by atoms with Gasteiger partial charge in [0.1, 0.15) is 5.69 Å². The van der Waals surface area contributed by atoms with Gasteiger partial charge in [-0.15, -0.1) is 0 Å². The number of hydrogen-bond acceptors (Lipinski definition) is 3. The van der Waals surface area contributed by atoms with Crippen LogP contribution in [0.1, 0.15) is 55.1 Å². The fourth-order valence-electron chi connectivity index (χ4n) is 1.96. The standard InChI is InChI=1S/C14H22N2O2/c1-2-3-4-7-12(17)9-8-11-6-5-10-16-13(11)14(15)18/h5-6,10,12,17H,2-4,7-9H2,1H3,(H2,15,18). The van der Waals surface area contributed by atoms with E-state index in [4.69, 9.17) is 5.73 Å². The van der Waals surface area contributed by atoms with E-state index >= 15 is 0 Å². The largest absolute Gasteiger partial charge is 0.393 e. The molecule has 18 heavy (non-hydrogen) atoms. The minimum absolute atomic E-state index is 0.308. The number of aliphatic hydroxyl groups is 1. The SMILES string of the molecule is CCCCCC(O)CCc1cccnc1C(N)=O. The Labute approximate surface area is 108 Å². The second-order valence-corrected chi connectivity index (χ2v) is 4.56. The summed E-state index contributed by atoms with van der Waals surface area (Å²) in [6.45, 7) is 2.14. The topological polar surface area (TPSA) is 76.2 Å². The van der Waals surface area contributed by atoms with Crippen LogP contribution < -0.4 is 5.73 Å². The van der Waals surface area contributed by atoms with Crippen molar-refractivity contribution in [1.29, 1.82) is 0 Å². The predicted octanol–water partition coefficient (Wildman–Crippen LogP) is 2.05. The van der Waals surface area contributed by atoms with Gasteiger partial charge in [0.25, 0.3) is 5.91 Å². The maximum Gasteiger partial charge on any atom is 0.267 e. The molecule has 4 heteroatoms. The summed E-state index contributed by atoms with van der Waals surface area (Å²) in [4.78, 5) is 15.1. The van der Waals surface area contributed by atoms with Gasteiger partial charge in [-0.25, -0.2) is 0 Å². The molecule has 0 aliphatic heterocycles. The van der Waals surface area contributed by atoms with E-state index in [1.165, 1.54) is 0 Å². The molecule has 0 radical (unpaired) electrons. The first kappa shape index (κ1) is 14.6. The second kappa shape index (κ2) is 7.82. The minimum atomic E-state index is -0.508. The summed E-state index contributed by atoms with van der Waals surface area (Å²) >= 11 is 0. The number of hydrogen-bond donors (Lipinski definition) is 2. The summed E-state index contributed by atoms with van der Waals surface area (Å²) < 4.78 is 0. The number of nitrogens with zero attached hydrogens (tertiary/aromatic N) is 1. The first-order chi connectivity index (χ1) is 8.65. The van der Waals surface area contributed by atoms with E-state index in [1.54, 1.807) is 12.3 Å². The highest BCUT2D eigenvalue weighted by Gasteiger charge is 2.11. The molecule has 1 unspecified atom stereocenters. The fraction of sp³-hybridized carbons (Fsp3) is 0.571. The number of aryl methyl sites for hydroxylation is 1. The molecular weight excluding hydrogens is 228 g/mol. The molecule has 100 valence electrons. The predicted molar refractivity (Wildman–Crippen MR) is 71.2 cm³/mol. The highest BCUT2D eigenvalue weighted by molar-refractivity contribution is 5.92. The van der Waals surface area contributed by atoms with Crippen molar-refractivity contribution in [2.45, 2.75) is 51.6 Å². The smallest absolute Gasteiger partial charge is 0.267 e. The van der Waals surface area contributed by atoms with E-state index in [9.17, 15) is 9.90 Å². The first-order valence-corrected chi connectivity index (χ1v) is 6.57. The zero-order valence-electron chi connectivity index (χ0n) is 10.9. The lowest BCUT2D eigenvalue weighted by Crippen LogP contribution is -2.17. The zero-order valence-corrected chi connectivity index (χ0v) is 10.9. The third kappa shape index (κ3) is 4.84. The molecule has 0 saturated heterocycles. The van der Waals surface area contributed by atoms with Crippen LogP contribution in [-0.4, -0.2) is 22.1 Å². The van der Waals surface area contributed by atoms with E-state index in [0.717, 1.165) is 31.2 Å². The van der Waals surface area contributed by atoms with Gasteiger partial charge in [0.15, 0.2) is 0 Å². The summed E-state index contributed by atoms with van der Waals surface area (Å²) in [5.74, 6) is -0.508. The Morgan fingerprint density at radius 3 is 2.89 bits per heavy atom. The first-order valence-electron chi connectivity index (χ1n) is 6.57. The third-order valence-electron chi connectivity index (χ3n) is 3.01. The van der Waals surface area contributed by atoms with E-state index < -0.39 is 5.91 Å². The molecule has 1 heterocycles. The summed E-state index contributed by atoms with van der Waals surface area (Å²) in [5, 5.41) is 9.83. The van der Waals surface area contributed by atoms with Crippen molar-refractivity contribution in [3.05, 3.63) is 29.6 Å². The summed E-state index contributed by atoms with van der Waals surface area (Å²) in [6.07, 6.45) is 6.71. The zero-order chi connectivity index (χ0) is 13.4. The van der Waals surface area contributed by atoms with Gasteiger partial charge in [-0.05, 0) is 30.9 Å². The molecule has 0 spiro atoms. The van der Waals surface area contributed by atoms with Gasteiger partial charge >= 0.3 is 0 Å². The molecule has 1 aromatic heterocycles. The molecule has 4 nitrogen and oxygen atoms in total. The van der Waals surface area contributed by atoms with Gasteiger partial charge in [0.2, 0.25) is 0 Å². The average Bonchev–Trinajstić information content (AvgIpc) is 2.37. The van der Waals surface area contributed by atoms with Gasteiger partial charge < -0.3 is 10.8 Å². The van der Waals surface area contributed by atoms with Crippen LogP contribution in [0.3, 0.4) is 0 Å². The lowest BCUT2D eigenvalue weighted by Gasteiger charge is -2.11. The van der Waals surface area contributed by atoms with E-state index in [-0.39, 0.29) is 6.10 Å². The Bertz CT molecular complexity index is 380. The molecule has 0 fully saturated rings. The molecule has 1 aromatic rings. The van der Waals surface area contributed by atoms with Crippen LogP contribution >= 0.6 is 0 Å². The minimum Gasteiger partial charge on any atom is -0.393 e. The van der Waals surface area contributed by atoms with Crippen LogP contribution in [0.2, 0.25) is 0 Å². The highest BCUT2D eigenvalue weighted by Crippen LogP contribution is 2.12. The molecule has 0 aliphatic carbocycles. The number of carbonyl (C=O) groups excluding carboxylic acids is 1. The number of aliphatic hydroxyl groups excluding tert-OH is 1. The number of rotatable bonds is 8. The maximum absolute atomic E-state index is 11.2. The Hall–Kier alpha value is -1.42. The number of amides is 1. The number of pyridine rings is 1. The summed E-state index contributed by atoms with van der Waals surface area (Å²) in [5.41, 5.74) is 6.39. The quantitative estimate of drug-likeness (QED) is 0.693. The third-order valence-corrected chi connectivity index (χ3v) is 3.01. The number of carbonyl (C=O) groups is 1. The van der Waals surface area contributed by atoms with Crippen molar-refractivity contribution < 1.29 is 9.90 Å². The van der Waals surface area contributed by atoms with Gasteiger partial charge in [-0.1, -0.05) is 32.3 Å². The van der Waals surface area contributed by atoms with Crippen LogP contribution in [0.15, 0.2) is 18.3 Å². The Balaban J connectivity index is 2.45.